The summed E-state index contributed by atoms with van der Waals surface area (Å²) in [5.74, 6) is 0. The summed E-state index contributed by atoms with van der Waals surface area (Å²) in [5.41, 5.74) is 14.3. The van der Waals surface area contributed by atoms with Crippen molar-refractivity contribution in [2.75, 3.05) is 0 Å². The molecule has 0 bridgehead atoms. The van der Waals surface area contributed by atoms with Crippen molar-refractivity contribution in [1.29, 1.82) is 0 Å². The van der Waals surface area contributed by atoms with Gasteiger partial charge in [0.05, 0.1) is 8.07 Å². The minimum Gasteiger partial charge on any atom is -0.0690 e. The minimum absolute atomic E-state index is 0.130. The van der Waals surface area contributed by atoms with Gasteiger partial charge in [-0.3, -0.25) is 0 Å². The second kappa shape index (κ2) is 8.30. The average molecular weight is 515 g/mol. The summed E-state index contributed by atoms with van der Waals surface area (Å²) in [6.45, 7) is 21.8. The highest BCUT2D eigenvalue weighted by molar-refractivity contribution is 6.96. The zero-order valence-corrected chi connectivity index (χ0v) is 25.7. The Bertz CT molecular complexity index is 1570. The zero-order valence-electron chi connectivity index (χ0n) is 24.7. The van der Waals surface area contributed by atoms with Crippen molar-refractivity contribution in [3.05, 3.63) is 112 Å². The molecule has 38 heavy (non-hydrogen) atoms. The first-order valence-electron chi connectivity index (χ1n) is 14.3. The zero-order chi connectivity index (χ0) is 27.2. The van der Waals surface area contributed by atoms with Gasteiger partial charge >= 0.3 is 0 Å². The van der Waals surface area contributed by atoms with Crippen molar-refractivity contribution in [2.45, 2.75) is 84.4 Å². The van der Waals surface area contributed by atoms with Gasteiger partial charge < -0.3 is 0 Å². The molecule has 2 aliphatic rings. The highest BCUT2D eigenvalue weighted by Gasteiger charge is 2.46. The molecule has 0 heterocycles. The summed E-state index contributed by atoms with van der Waals surface area (Å²) < 4.78 is 0. The molecule has 0 saturated heterocycles. The summed E-state index contributed by atoms with van der Waals surface area (Å²) in [7, 11) is -2.03. The van der Waals surface area contributed by atoms with Gasteiger partial charge in [-0.2, -0.15) is 0 Å². The Hall–Kier alpha value is -2.90. The van der Waals surface area contributed by atoms with Gasteiger partial charge in [0.2, 0.25) is 0 Å². The van der Waals surface area contributed by atoms with Crippen molar-refractivity contribution in [2.24, 2.45) is 0 Å². The van der Waals surface area contributed by atoms with E-state index in [0.29, 0.717) is 5.54 Å². The van der Waals surface area contributed by atoms with Gasteiger partial charge in [-0.15, -0.1) is 0 Å². The van der Waals surface area contributed by atoms with E-state index in [9.17, 15) is 0 Å². The van der Waals surface area contributed by atoms with Crippen molar-refractivity contribution in [3.63, 3.8) is 0 Å². The van der Waals surface area contributed by atoms with Gasteiger partial charge in [0, 0.05) is 5.54 Å². The van der Waals surface area contributed by atoms with Crippen LogP contribution in [0, 0.1) is 0 Å². The van der Waals surface area contributed by atoms with Crippen LogP contribution in [0.2, 0.25) is 13.1 Å². The van der Waals surface area contributed by atoms with Crippen LogP contribution in [0.3, 0.4) is 0 Å². The van der Waals surface area contributed by atoms with Crippen LogP contribution in [0.4, 0.5) is 0 Å². The molecular weight excluding hydrogens is 472 g/mol. The van der Waals surface area contributed by atoms with E-state index in [1.165, 1.54) is 38.6 Å². The van der Waals surface area contributed by atoms with Crippen molar-refractivity contribution < 1.29 is 0 Å². The molecule has 6 rings (SSSR count). The molecule has 1 heteroatoms. The summed E-state index contributed by atoms with van der Waals surface area (Å²) in [4.78, 5) is 0. The first-order chi connectivity index (χ1) is 17.8. The normalized spacial score (nSPS) is 15.7. The summed E-state index contributed by atoms with van der Waals surface area (Å²) in [5, 5.41) is 4.48. The predicted molar refractivity (Wildman–Crippen MR) is 169 cm³/mol. The first-order valence-corrected chi connectivity index (χ1v) is 17.4. The summed E-state index contributed by atoms with van der Waals surface area (Å²) >= 11 is 0. The SMILES string of the molecule is CC1=C([Si](C)(C)C2c3cc(C(C)(C)C)ccc3-c3ccc(C(C)(C)C)cc32)c2ccc3ccccc3c2C1. The largest absolute Gasteiger partial charge is 0.0935 e. The molecule has 0 fully saturated rings. The summed E-state index contributed by atoms with van der Waals surface area (Å²) in [6, 6.07) is 28.5. The lowest BCUT2D eigenvalue weighted by molar-refractivity contribution is 0.589. The number of hydrogen-bond acceptors (Lipinski definition) is 0. The Kier molecular flexibility index (Phi) is 5.54. The Morgan fingerprint density at radius 2 is 1.18 bits per heavy atom. The van der Waals surface area contributed by atoms with E-state index in [2.05, 4.69) is 134 Å². The lowest BCUT2D eigenvalue weighted by atomic mass is 9.85. The Balaban J connectivity index is 1.59. The third-order valence-corrected chi connectivity index (χ3v) is 13.3. The van der Waals surface area contributed by atoms with E-state index in [0.717, 1.165) is 6.42 Å². The number of fused-ring (bicyclic) bond motifs is 6. The number of benzene rings is 4. The van der Waals surface area contributed by atoms with Crippen LogP contribution >= 0.6 is 0 Å². The molecule has 4 aromatic carbocycles. The van der Waals surface area contributed by atoms with Crippen molar-refractivity contribution in [1.82, 2.24) is 0 Å². The van der Waals surface area contributed by atoms with Gasteiger partial charge in [-0.25, -0.2) is 0 Å². The fourth-order valence-electron chi connectivity index (χ4n) is 7.36. The lowest BCUT2D eigenvalue weighted by Gasteiger charge is -2.35. The Morgan fingerprint density at radius 1 is 0.658 bits per heavy atom. The molecule has 0 aromatic heterocycles. The molecule has 0 amide bonds. The molecule has 4 aromatic rings. The van der Waals surface area contributed by atoms with Crippen LogP contribution < -0.4 is 0 Å². The molecule has 194 valence electrons. The molecule has 0 radical (unpaired) electrons. The number of rotatable bonds is 2. The second-order valence-corrected chi connectivity index (χ2v) is 18.9. The smallest absolute Gasteiger partial charge is 0.0690 e. The van der Waals surface area contributed by atoms with Gasteiger partial charge in [0.1, 0.15) is 0 Å². The maximum Gasteiger partial charge on any atom is 0.0935 e. The van der Waals surface area contributed by atoms with E-state index >= 15 is 0 Å². The maximum absolute atomic E-state index is 2.65. The van der Waals surface area contributed by atoms with Crippen LogP contribution in [0.5, 0.6) is 0 Å². The third kappa shape index (κ3) is 3.77. The maximum atomic E-state index is 2.65. The van der Waals surface area contributed by atoms with Gasteiger partial charge in [0.25, 0.3) is 0 Å². The van der Waals surface area contributed by atoms with Crippen molar-refractivity contribution in [3.8, 4) is 11.1 Å². The average Bonchev–Trinajstić information content (AvgIpc) is 3.37. The van der Waals surface area contributed by atoms with E-state index in [-0.39, 0.29) is 10.8 Å². The van der Waals surface area contributed by atoms with Crippen LogP contribution in [0.1, 0.15) is 87.4 Å². The quantitative estimate of drug-likeness (QED) is 0.233. The minimum atomic E-state index is -2.03. The fraction of sp³-hybridized carbons (Fsp3) is 0.351. The molecule has 0 aliphatic heterocycles. The van der Waals surface area contributed by atoms with E-state index in [4.69, 9.17) is 0 Å². The van der Waals surface area contributed by atoms with E-state index < -0.39 is 8.07 Å². The Labute approximate surface area is 230 Å². The van der Waals surface area contributed by atoms with Gasteiger partial charge in [-0.1, -0.05) is 138 Å². The molecule has 0 spiro atoms. The van der Waals surface area contributed by atoms with Crippen LogP contribution in [0.15, 0.2) is 78.4 Å². The Morgan fingerprint density at radius 3 is 1.74 bits per heavy atom. The summed E-state index contributed by atoms with van der Waals surface area (Å²) in [6.07, 6.45) is 1.08. The molecule has 0 nitrogen and oxygen atoms in total. The molecule has 2 aliphatic carbocycles. The lowest BCUT2D eigenvalue weighted by Crippen LogP contribution is -2.37. The molecule has 0 unspecified atom stereocenters. The van der Waals surface area contributed by atoms with Crippen LogP contribution in [0.25, 0.3) is 27.1 Å². The second-order valence-electron chi connectivity index (χ2n) is 14.4. The highest BCUT2D eigenvalue weighted by Crippen LogP contribution is 2.55. The number of hydrogen-bond donors (Lipinski definition) is 0. The van der Waals surface area contributed by atoms with E-state index in [1.54, 1.807) is 27.5 Å². The first kappa shape index (κ1) is 25.4. The fourth-order valence-corrected chi connectivity index (χ4v) is 11.8. The molecular formula is C37H42Si. The molecule has 0 atom stereocenters. The van der Waals surface area contributed by atoms with Crippen LogP contribution in [-0.2, 0) is 17.3 Å². The molecule has 0 N–H and O–H groups in total. The molecule has 0 saturated carbocycles. The third-order valence-electron chi connectivity index (χ3n) is 9.29. The standard InChI is InChI=1S/C37H42Si/c1-23-20-31-27-13-11-10-12-24(27)14-17-30(31)34(23)38(8,9)35-32-21-25(36(2,3)4)15-18-28(32)29-19-16-26(22-33(29)35)37(5,6)7/h10-19,21-22,35H,20H2,1-9H3. The van der Waals surface area contributed by atoms with Crippen LogP contribution in [-0.4, -0.2) is 8.07 Å². The van der Waals surface area contributed by atoms with Crippen molar-refractivity contribution >= 4 is 24.0 Å². The van der Waals surface area contributed by atoms with Gasteiger partial charge in [0.15, 0.2) is 0 Å². The highest BCUT2D eigenvalue weighted by atomic mass is 28.3. The monoisotopic (exact) mass is 514 g/mol. The van der Waals surface area contributed by atoms with Gasteiger partial charge in [-0.05, 0) is 79.5 Å². The predicted octanol–water partition coefficient (Wildman–Crippen LogP) is 10.4. The van der Waals surface area contributed by atoms with E-state index in [1.807, 2.05) is 0 Å². The number of allylic oxidation sites excluding steroid dienone is 1. The topological polar surface area (TPSA) is 0 Å².